The van der Waals surface area contributed by atoms with Gasteiger partial charge in [0.2, 0.25) is 11.9 Å². The molecule has 0 bridgehead atoms. The van der Waals surface area contributed by atoms with E-state index < -0.39 is 60.5 Å². The summed E-state index contributed by atoms with van der Waals surface area (Å²) in [6.45, 7) is -1.68. The lowest BCUT2D eigenvalue weighted by molar-refractivity contribution is -0.192. The molecule has 0 radical (unpaired) electrons. The first-order valence-electron chi connectivity index (χ1n) is 13.9. The van der Waals surface area contributed by atoms with Gasteiger partial charge in [0, 0.05) is 30.9 Å². The molecule has 1 saturated carbocycles. The number of hydrogen-bond acceptors (Lipinski definition) is 5. The molecule has 1 aliphatic carbocycles. The molecule has 1 fully saturated rings. The van der Waals surface area contributed by atoms with Gasteiger partial charge in [-0.05, 0) is 55.3 Å². The smallest absolute Gasteiger partial charge is 0.416 e. The Labute approximate surface area is 270 Å². The average molecular weight is 708 g/mol. The Kier molecular flexibility index (Phi) is 9.20. The number of nitrogens with one attached hydrogen (secondary N) is 3. The van der Waals surface area contributed by atoms with Gasteiger partial charge in [0.05, 0.1) is 32.9 Å². The molecule has 0 unspecified atom stereocenters. The second-order valence-electron chi connectivity index (χ2n) is 10.9. The number of alkyl halides is 8. The van der Waals surface area contributed by atoms with Crippen molar-refractivity contribution in [1.29, 1.82) is 0 Å². The molecule has 0 aliphatic heterocycles. The zero-order chi connectivity index (χ0) is 35.2. The van der Waals surface area contributed by atoms with Crippen LogP contribution in [0.15, 0.2) is 48.5 Å². The fraction of sp³-hybridized carbons (Fsp3) is 0.300. The van der Waals surface area contributed by atoms with Crippen molar-refractivity contribution in [2.45, 2.75) is 38.2 Å². The van der Waals surface area contributed by atoms with Crippen LogP contribution in [0.1, 0.15) is 34.3 Å². The lowest BCUT2D eigenvalue weighted by atomic mass is 10.1. The second-order valence-corrected chi connectivity index (χ2v) is 11.3. The van der Waals surface area contributed by atoms with E-state index in [1.165, 1.54) is 23.7 Å². The molecule has 1 aliphatic rings. The van der Waals surface area contributed by atoms with Gasteiger partial charge in [0.15, 0.2) is 0 Å². The van der Waals surface area contributed by atoms with Crippen molar-refractivity contribution in [2.24, 2.45) is 12.5 Å². The van der Waals surface area contributed by atoms with Crippen molar-refractivity contribution in [2.75, 3.05) is 17.2 Å². The van der Waals surface area contributed by atoms with Crippen LogP contribution < -0.4 is 20.7 Å². The van der Waals surface area contributed by atoms with Gasteiger partial charge in [0.1, 0.15) is 23.6 Å². The summed E-state index contributed by atoms with van der Waals surface area (Å²) in [4.78, 5) is 29.8. The van der Waals surface area contributed by atoms with E-state index in [0.29, 0.717) is 0 Å². The molecule has 48 heavy (non-hydrogen) atoms. The number of aryl methyl sites for hydroxylation is 1. The Morgan fingerprint density at radius 3 is 2.29 bits per heavy atom. The monoisotopic (exact) mass is 707 g/mol. The van der Waals surface area contributed by atoms with Crippen LogP contribution in [0.5, 0.6) is 5.75 Å². The Morgan fingerprint density at radius 1 is 1.04 bits per heavy atom. The zero-order valence-corrected chi connectivity index (χ0v) is 25.2. The number of nitrogens with zero attached hydrogens (tertiary/aromatic N) is 2. The molecule has 1 aromatic heterocycles. The van der Waals surface area contributed by atoms with Crippen LogP contribution >= 0.6 is 11.6 Å². The van der Waals surface area contributed by atoms with Crippen LogP contribution in [0, 0.1) is 11.2 Å². The van der Waals surface area contributed by atoms with Gasteiger partial charge in [0.25, 0.3) is 12.3 Å². The lowest BCUT2D eigenvalue weighted by Gasteiger charge is -2.19. The van der Waals surface area contributed by atoms with Crippen molar-refractivity contribution in [1.82, 2.24) is 14.9 Å². The number of imidazole rings is 1. The number of rotatable bonds is 10. The fourth-order valence-corrected chi connectivity index (χ4v) is 4.97. The van der Waals surface area contributed by atoms with Crippen LogP contribution in [0.2, 0.25) is 5.02 Å². The highest BCUT2D eigenvalue weighted by Gasteiger charge is 2.68. The molecule has 3 aromatic carbocycles. The van der Waals surface area contributed by atoms with Crippen LogP contribution in [-0.2, 0) is 24.6 Å². The normalized spacial score (nSPS) is 14.2. The molecule has 18 heteroatoms. The largest absolute Gasteiger partial charge is 0.487 e. The van der Waals surface area contributed by atoms with E-state index in [4.69, 9.17) is 16.3 Å². The summed E-state index contributed by atoms with van der Waals surface area (Å²) in [7, 11) is 1.49. The number of ether oxygens (including phenoxy) is 1. The number of hydrogen-bond donors (Lipinski definition) is 3. The molecule has 4 aromatic rings. The summed E-state index contributed by atoms with van der Waals surface area (Å²) in [6.07, 6.45) is -13.0. The molecular weight excluding hydrogens is 685 g/mol. The summed E-state index contributed by atoms with van der Waals surface area (Å²) in [5, 5.41) is 7.17. The summed E-state index contributed by atoms with van der Waals surface area (Å²) in [6, 6.07) is 7.98. The maximum Gasteiger partial charge on any atom is 0.416 e. The first kappa shape index (κ1) is 34.7. The minimum Gasteiger partial charge on any atom is -0.487 e. The Morgan fingerprint density at radius 2 is 1.71 bits per heavy atom. The molecule has 1 heterocycles. The minimum absolute atomic E-state index is 0.0278. The Hall–Kier alpha value is -4.67. The summed E-state index contributed by atoms with van der Waals surface area (Å²) in [5.74, 6) is -3.36. The lowest BCUT2D eigenvalue weighted by Crippen LogP contribution is -2.41. The van der Waals surface area contributed by atoms with Crippen molar-refractivity contribution in [3.8, 4) is 5.75 Å². The highest BCUT2D eigenvalue weighted by atomic mass is 35.5. The number of amides is 2. The first-order chi connectivity index (χ1) is 22.4. The maximum absolute atomic E-state index is 14.7. The standard InChI is InChI=1S/C30H23ClF9N5O3/c1-45-22-11-23(48-13-24(33)34)17(25(46)42-16-4-2-15(3-5-16)29(35,36)37)9-21(22)44-27(45)43-20-8-14(19(32)10-18(20)31)12-41-26(47)28(6-7-28)30(38,39)40/h2-5,8-11,24H,6-7,12-13H2,1H3,(H,41,47)(H,42,46)(H,43,44). The minimum atomic E-state index is -4.75. The number of anilines is 3. The van der Waals surface area contributed by atoms with E-state index in [0.717, 1.165) is 36.4 Å². The molecule has 0 spiro atoms. The van der Waals surface area contributed by atoms with Crippen LogP contribution in [0.25, 0.3) is 11.0 Å². The number of halogens is 10. The summed E-state index contributed by atoms with van der Waals surface area (Å²) < 4.78 is 126. The van der Waals surface area contributed by atoms with E-state index in [9.17, 15) is 49.1 Å². The van der Waals surface area contributed by atoms with Crippen LogP contribution in [0.3, 0.4) is 0 Å². The Bertz CT molecular complexity index is 1870. The van der Waals surface area contributed by atoms with Crippen molar-refractivity contribution >= 4 is 51.8 Å². The van der Waals surface area contributed by atoms with E-state index in [1.807, 2.05) is 0 Å². The maximum atomic E-state index is 14.7. The molecule has 8 nitrogen and oxygen atoms in total. The summed E-state index contributed by atoms with van der Waals surface area (Å²) >= 11 is 6.20. The van der Waals surface area contributed by atoms with Gasteiger partial charge in [-0.15, -0.1) is 0 Å². The number of fused-ring (bicyclic) bond motifs is 1. The number of aromatic nitrogens is 2. The zero-order valence-electron chi connectivity index (χ0n) is 24.4. The van der Waals surface area contributed by atoms with Crippen LogP contribution in [-0.4, -0.2) is 40.6 Å². The topological polar surface area (TPSA) is 97.3 Å². The third-order valence-electron chi connectivity index (χ3n) is 7.61. The molecular formula is C30H23ClF9N5O3. The van der Waals surface area contributed by atoms with Crippen molar-refractivity contribution in [3.05, 3.63) is 76.1 Å². The number of benzene rings is 3. The third kappa shape index (κ3) is 7.10. The van der Waals surface area contributed by atoms with E-state index in [1.54, 1.807) is 0 Å². The van der Waals surface area contributed by atoms with Gasteiger partial charge in [-0.3, -0.25) is 9.59 Å². The molecule has 0 atom stereocenters. The van der Waals surface area contributed by atoms with E-state index in [2.05, 4.69) is 20.9 Å². The summed E-state index contributed by atoms with van der Waals surface area (Å²) in [5.41, 5.74) is -3.56. The highest BCUT2D eigenvalue weighted by Crippen LogP contribution is 2.57. The van der Waals surface area contributed by atoms with Gasteiger partial charge in [-0.2, -0.15) is 26.3 Å². The first-order valence-corrected chi connectivity index (χ1v) is 14.3. The van der Waals surface area contributed by atoms with E-state index in [-0.39, 0.29) is 63.1 Å². The number of carbonyl (C=O) groups is 2. The third-order valence-corrected chi connectivity index (χ3v) is 7.92. The van der Waals surface area contributed by atoms with E-state index >= 15 is 0 Å². The Balaban J connectivity index is 1.41. The molecule has 3 N–H and O–H groups in total. The second kappa shape index (κ2) is 12.7. The van der Waals surface area contributed by atoms with Crippen LogP contribution in [0.4, 0.5) is 56.8 Å². The fourth-order valence-electron chi connectivity index (χ4n) is 4.78. The molecule has 2 amide bonds. The SMILES string of the molecule is Cn1c(Nc2cc(CNC(=O)C3(C(F)(F)F)CC3)c(F)cc2Cl)nc2cc(C(=O)Nc3ccc(C(F)(F)F)cc3)c(OCC(F)F)cc21. The molecule has 0 saturated heterocycles. The predicted octanol–water partition coefficient (Wildman–Crippen LogP) is 7.98. The average Bonchev–Trinajstić information content (AvgIpc) is 3.77. The molecule has 256 valence electrons. The van der Waals surface area contributed by atoms with Gasteiger partial charge in [-0.1, -0.05) is 11.6 Å². The highest BCUT2D eigenvalue weighted by molar-refractivity contribution is 6.33. The molecule has 5 rings (SSSR count). The van der Waals surface area contributed by atoms with Gasteiger partial charge >= 0.3 is 12.4 Å². The van der Waals surface area contributed by atoms with Gasteiger partial charge in [-0.25, -0.2) is 18.2 Å². The van der Waals surface area contributed by atoms with Gasteiger partial charge < -0.3 is 25.3 Å². The van der Waals surface area contributed by atoms with Crippen molar-refractivity contribution in [3.63, 3.8) is 0 Å². The van der Waals surface area contributed by atoms with Crippen molar-refractivity contribution < 1.29 is 53.8 Å². The predicted molar refractivity (Wildman–Crippen MR) is 156 cm³/mol. The number of carbonyl (C=O) groups excluding carboxylic acids is 2. The quantitative estimate of drug-likeness (QED) is 0.145.